The summed E-state index contributed by atoms with van der Waals surface area (Å²) in [6.07, 6.45) is 1.13. The van der Waals surface area contributed by atoms with E-state index in [4.69, 9.17) is 9.52 Å². The zero-order valence-electron chi connectivity index (χ0n) is 8.40. The first-order valence-corrected chi connectivity index (χ1v) is 5.33. The van der Waals surface area contributed by atoms with Gasteiger partial charge in [-0.1, -0.05) is 12.1 Å². The second-order valence-electron chi connectivity index (χ2n) is 3.27. The first kappa shape index (κ1) is 10.9. The van der Waals surface area contributed by atoms with Crippen molar-refractivity contribution in [3.8, 4) is 11.3 Å². The summed E-state index contributed by atoms with van der Waals surface area (Å²) in [5.74, 6) is -0.833. The van der Waals surface area contributed by atoms with Crippen molar-refractivity contribution < 1.29 is 14.3 Å². The van der Waals surface area contributed by atoms with Crippen molar-refractivity contribution in [2.75, 3.05) is 0 Å². The molecule has 0 aliphatic rings. The maximum Gasteiger partial charge on any atom is 0.358 e. The predicted molar refractivity (Wildman–Crippen MR) is 61.3 cm³/mol. The molecule has 0 aliphatic heterocycles. The van der Waals surface area contributed by atoms with Gasteiger partial charge in [0, 0.05) is 10.0 Å². The van der Waals surface area contributed by atoms with Crippen LogP contribution in [0.4, 0.5) is 0 Å². The molecule has 0 fully saturated rings. The summed E-state index contributed by atoms with van der Waals surface area (Å²) in [7, 11) is 0. The summed E-state index contributed by atoms with van der Waals surface area (Å²) in [6, 6.07) is 5.54. The SMILES string of the molecule is Cc1cccc(-c2ocnc2C(=O)O)c1Br. The zero-order valence-corrected chi connectivity index (χ0v) is 9.98. The van der Waals surface area contributed by atoms with Crippen molar-refractivity contribution in [2.45, 2.75) is 6.92 Å². The summed E-state index contributed by atoms with van der Waals surface area (Å²) in [4.78, 5) is 14.6. The minimum absolute atomic E-state index is 0.0775. The number of aromatic nitrogens is 1. The second-order valence-corrected chi connectivity index (χ2v) is 4.06. The van der Waals surface area contributed by atoms with Gasteiger partial charge in [0.15, 0.2) is 17.8 Å². The van der Waals surface area contributed by atoms with Gasteiger partial charge in [-0.15, -0.1) is 0 Å². The molecule has 1 heterocycles. The van der Waals surface area contributed by atoms with Crippen LogP contribution in [0.15, 0.2) is 33.5 Å². The quantitative estimate of drug-likeness (QED) is 0.919. The van der Waals surface area contributed by atoms with Gasteiger partial charge in [0.1, 0.15) is 0 Å². The molecule has 0 amide bonds. The number of carbonyl (C=O) groups is 1. The molecule has 82 valence electrons. The summed E-state index contributed by atoms with van der Waals surface area (Å²) in [5.41, 5.74) is 1.62. The van der Waals surface area contributed by atoms with Gasteiger partial charge in [-0.2, -0.15) is 0 Å². The molecule has 16 heavy (non-hydrogen) atoms. The van der Waals surface area contributed by atoms with E-state index in [0.717, 1.165) is 16.4 Å². The lowest BCUT2D eigenvalue weighted by Crippen LogP contribution is -1.99. The molecule has 5 heteroatoms. The lowest BCUT2D eigenvalue weighted by molar-refractivity contribution is 0.0691. The number of hydrogen-bond acceptors (Lipinski definition) is 3. The number of carboxylic acids is 1. The molecule has 0 radical (unpaired) electrons. The number of carboxylic acid groups (broad SMARTS) is 1. The van der Waals surface area contributed by atoms with Gasteiger partial charge in [0.05, 0.1) is 0 Å². The largest absolute Gasteiger partial charge is 0.476 e. The van der Waals surface area contributed by atoms with Crippen LogP contribution < -0.4 is 0 Å². The molecule has 0 atom stereocenters. The maximum absolute atomic E-state index is 10.9. The number of rotatable bonds is 2. The van der Waals surface area contributed by atoms with Crippen LogP contribution in [0.1, 0.15) is 16.1 Å². The summed E-state index contributed by atoms with van der Waals surface area (Å²) in [5, 5.41) is 8.94. The van der Waals surface area contributed by atoms with Gasteiger partial charge in [-0.3, -0.25) is 0 Å². The Kier molecular flexibility index (Phi) is 2.78. The number of oxazole rings is 1. The normalized spacial score (nSPS) is 10.4. The van der Waals surface area contributed by atoms with Crippen molar-refractivity contribution in [3.05, 3.63) is 40.3 Å². The smallest absolute Gasteiger partial charge is 0.358 e. The fourth-order valence-corrected chi connectivity index (χ4v) is 1.86. The van der Waals surface area contributed by atoms with E-state index < -0.39 is 5.97 Å². The van der Waals surface area contributed by atoms with Gasteiger partial charge >= 0.3 is 5.97 Å². The Morgan fingerprint density at radius 1 is 1.50 bits per heavy atom. The Hall–Kier alpha value is -1.62. The van der Waals surface area contributed by atoms with Crippen LogP contribution in [0.25, 0.3) is 11.3 Å². The fourth-order valence-electron chi connectivity index (χ4n) is 1.41. The summed E-state index contributed by atoms with van der Waals surface area (Å²) >= 11 is 3.40. The molecule has 0 unspecified atom stereocenters. The van der Waals surface area contributed by atoms with Gasteiger partial charge < -0.3 is 9.52 Å². The number of aromatic carboxylic acids is 1. The molecule has 0 saturated carbocycles. The van der Waals surface area contributed by atoms with Crippen LogP contribution in [0.5, 0.6) is 0 Å². The molecule has 0 saturated heterocycles. The highest BCUT2D eigenvalue weighted by Crippen LogP contribution is 2.32. The molecule has 1 aromatic heterocycles. The number of benzene rings is 1. The minimum atomic E-state index is -1.10. The standard InChI is InChI=1S/C11H8BrNO3/c1-6-3-2-4-7(8(6)12)10-9(11(14)15)13-5-16-10/h2-5H,1H3,(H,14,15). The van der Waals surface area contributed by atoms with E-state index >= 15 is 0 Å². The molecular formula is C11H8BrNO3. The van der Waals surface area contributed by atoms with E-state index in [0.29, 0.717) is 5.56 Å². The molecule has 4 nitrogen and oxygen atoms in total. The summed E-state index contributed by atoms with van der Waals surface area (Å²) in [6.45, 7) is 1.92. The lowest BCUT2D eigenvalue weighted by Gasteiger charge is -2.04. The number of halogens is 1. The third kappa shape index (κ3) is 1.74. The molecule has 0 bridgehead atoms. The van der Waals surface area contributed by atoms with Gasteiger partial charge in [0.2, 0.25) is 0 Å². The highest BCUT2D eigenvalue weighted by molar-refractivity contribution is 9.10. The maximum atomic E-state index is 10.9. The van der Waals surface area contributed by atoms with E-state index in [2.05, 4.69) is 20.9 Å². The molecular weight excluding hydrogens is 274 g/mol. The lowest BCUT2D eigenvalue weighted by atomic mass is 10.1. The monoisotopic (exact) mass is 281 g/mol. The molecule has 0 aliphatic carbocycles. The molecule has 0 spiro atoms. The number of hydrogen-bond donors (Lipinski definition) is 1. The molecule has 2 aromatic rings. The van der Waals surface area contributed by atoms with Crippen molar-refractivity contribution in [3.63, 3.8) is 0 Å². The average Bonchev–Trinajstić information content (AvgIpc) is 2.70. The second kappa shape index (κ2) is 4.09. The molecule has 2 rings (SSSR count). The Labute approximate surface area is 100 Å². The molecule has 1 aromatic carbocycles. The third-order valence-corrected chi connectivity index (χ3v) is 3.26. The Bertz CT molecular complexity index is 548. The van der Waals surface area contributed by atoms with Gasteiger partial charge in [0.25, 0.3) is 0 Å². The Balaban J connectivity index is 2.63. The van der Waals surface area contributed by atoms with Gasteiger partial charge in [-0.05, 0) is 34.5 Å². The summed E-state index contributed by atoms with van der Waals surface area (Å²) < 4.78 is 5.94. The zero-order chi connectivity index (χ0) is 11.7. The van der Waals surface area contributed by atoms with Crippen molar-refractivity contribution in [1.29, 1.82) is 0 Å². The minimum Gasteiger partial charge on any atom is -0.476 e. The first-order chi connectivity index (χ1) is 7.61. The van der Waals surface area contributed by atoms with Crippen molar-refractivity contribution in [2.24, 2.45) is 0 Å². The third-order valence-electron chi connectivity index (χ3n) is 2.21. The van der Waals surface area contributed by atoms with Crippen molar-refractivity contribution in [1.82, 2.24) is 4.98 Å². The van der Waals surface area contributed by atoms with Crippen LogP contribution in [0, 0.1) is 6.92 Å². The van der Waals surface area contributed by atoms with E-state index in [1.807, 2.05) is 19.1 Å². The number of nitrogens with zero attached hydrogens (tertiary/aromatic N) is 1. The topological polar surface area (TPSA) is 63.3 Å². The fraction of sp³-hybridized carbons (Fsp3) is 0.0909. The van der Waals surface area contributed by atoms with Crippen LogP contribution in [0.2, 0.25) is 0 Å². The first-order valence-electron chi connectivity index (χ1n) is 4.53. The van der Waals surface area contributed by atoms with E-state index in [-0.39, 0.29) is 11.5 Å². The average molecular weight is 282 g/mol. The van der Waals surface area contributed by atoms with E-state index in [1.165, 1.54) is 0 Å². The highest BCUT2D eigenvalue weighted by atomic mass is 79.9. The highest BCUT2D eigenvalue weighted by Gasteiger charge is 2.19. The van der Waals surface area contributed by atoms with Crippen LogP contribution in [0.3, 0.4) is 0 Å². The van der Waals surface area contributed by atoms with E-state index in [9.17, 15) is 4.79 Å². The van der Waals surface area contributed by atoms with E-state index in [1.54, 1.807) is 6.07 Å². The molecule has 1 N–H and O–H groups in total. The Morgan fingerprint density at radius 3 is 2.94 bits per heavy atom. The van der Waals surface area contributed by atoms with Crippen LogP contribution >= 0.6 is 15.9 Å². The Morgan fingerprint density at radius 2 is 2.25 bits per heavy atom. The van der Waals surface area contributed by atoms with Crippen molar-refractivity contribution >= 4 is 21.9 Å². The number of aryl methyl sites for hydroxylation is 1. The van der Waals surface area contributed by atoms with Crippen LogP contribution in [-0.2, 0) is 0 Å². The predicted octanol–water partition coefficient (Wildman–Crippen LogP) is 3.11. The van der Waals surface area contributed by atoms with Crippen LogP contribution in [-0.4, -0.2) is 16.1 Å². The van der Waals surface area contributed by atoms with Gasteiger partial charge in [-0.25, -0.2) is 9.78 Å².